The molecule has 1 atom stereocenters. The zero-order chi connectivity index (χ0) is 14.1. The van der Waals surface area contributed by atoms with Crippen LogP contribution in [0.2, 0.25) is 0 Å². The summed E-state index contributed by atoms with van der Waals surface area (Å²) in [7, 11) is 2.04. The largest absolute Gasteiger partial charge is 0.491 e. The number of nitrogens with one attached hydrogen (secondary N) is 1. The number of ether oxygens (including phenoxy) is 1. The first-order chi connectivity index (χ1) is 9.19. The van der Waals surface area contributed by atoms with Crippen molar-refractivity contribution in [2.45, 2.75) is 65.0 Å². The van der Waals surface area contributed by atoms with Gasteiger partial charge in [-0.15, -0.1) is 0 Å². The smallest absolute Gasteiger partial charge is 0.124 e. The van der Waals surface area contributed by atoms with Crippen molar-refractivity contribution < 1.29 is 4.74 Å². The molecule has 2 heteroatoms. The molecule has 0 fully saturated rings. The van der Waals surface area contributed by atoms with Crippen LogP contribution in [-0.4, -0.2) is 13.2 Å². The molecule has 1 aromatic carbocycles. The van der Waals surface area contributed by atoms with Crippen molar-refractivity contribution in [2.75, 3.05) is 7.05 Å². The highest BCUT2D eigenvalue weighted by Crippen LogP contribution is 2.29. The molecule has 0 bridgehead atoms. The predicted octanol–water partition coefficient (Wildman–Crippen LogP) is 4.70. The molecule has 1 rings (SSSR count). The molecule has 108 valence electrons. The second-order valence-corrected chi connectivity index (χ2v) is 5.40. The maximum Gasteiger partial charge on any atom is 0.124 e. The summed E-state index contributed by atoms with van der Waals surface area (Å²) in [6, 6.07) is 8.79. The van der Waals surface area contributed by atoms with Gasteiger partial charge in [0.05, 0.1) is 6.10 Å². The van der Waals surface area contributed by atoms with E-state index >= 15 is 0 Å². The van der Waals surface area contributed by atoms with Gasteiger partial charge in [-0.05, 0) is 33.4 Å². The van der Waals surface area contributed by atoms with Gasteiger partial charge >= 0.3 is 0 Å². The molecule has 19 heavy (non-hydrogen) atoms. The molecule has 1 unspecified atom stereocenters. The third kappa shape index (κ3) is 5.65. The molecule has 0 heterocycles. The summed E-state index contributed by atoms with van der Waals surface area (Å²) in [5.74, 6) is 1.02. The molecule has 0 aromatic heterocycles. The van der Waals surface area contributed by atoms with Crippen LogP contribution in [0.1, 0.15) is 64.5 Å². The van der Waals surface area contributed by atoms with E-state index in [0.29, 0.717) is 6.04 Å². The first-order valence-corrected chi connectivity index (χ1v) is 7.61. The lowest BCUT2D eigenvalue weighted by atomic mass is 9.99. The second kappa shape index (κ2) is 8.98. The molecule has 0 saturated carbocycles. The van der Waals surface area contributed by atoms with Crippen molar-refractivity contribution >= 4 is 0 Å². The molecule has 0 aliphatic heterocycles. The van der Waals surface area contributed by atoms with Crippen LogP contribution in [0.3, 0.4) is 0 Å². The SMILES string of the molecule is CCCCCCC(NC)c1ccccc1OC(C)C. The standard InChI is InChI=1S/C17H29NO/c1-5-6-7-8-12-16(18-4)15-11-9-10-13-17(15)19-14(2)3/h9-11,13-14,16,18H,5-8,12H2,1-4H3. The van der Waals surface area contributed by atoms with Gasteiger partial charge in [-0.1, -0.05) is 50.8 Å². The maximum absolute atomic E-state index is 5.92. The predicted molar refractivity (Wildman–Crippen MR) is 82.8 cm³/mol. The Labute approximate surface area is 118 Å². The van der Waals surface area contributed by atoms with Gasteiger partial charge in [-0.3, -0.25) is 0 Å². The van der Waals surface area contributed by atoms with E-state index in [1.807, 2.05) is 13.1 Å². The number of benzene rings is 1. The lowest BCUT2D eigenvalue weighted by Gasteiger charge is -2.21. The summed E-state index contributed by atoms with van der Waals surface area (Å²) in [5.41, 5.74) is 1.29. The normalized spacial score (nSPS) is 12.7. The van der Waals surface area contributed by atoms with Gasteiger partial charge in [0.25, 0.3) is 0 Å². The minimum absolute atomic E-state index is 0.221. The van der Waals surface area contributed by atoms with Gasteiger partial charge in [0.2, 0.25) is 0 Å². The molecule has 1 N–H and O–H groups in total. The van der Waals surface area contributed by atoms with Crippen LogP contribution in [0.15, 0.2) is 24.3 Å². The number of para-hydroxylation sites is 1. The van der Waals surface area contributed by atoms with Gasteiger partial charge in [0.1, 0.15) is 5.75 Å². The Hall–Kier alpha value is -1.02. The van der Waals surface area contributed by atoms with Crippen molar-refractivity contribution in [3.05, 3.63) is 29.8 Å². The molecular weight excluding hydrogens is 234 g/mol. The topological polar surface area (TPSA) is 21.3 Å². The van der Waals surface area contributed by atoms with Crippen molar-refractivity contribution in [2.24, 2.45) is 0 Å². The summed E-state index contributed by atoms with van der Waals surface area (Å²) in [6.45, 7) is 6.40. The Morgan fingerprint density at radius 3 is 2.47 bits per heavy atom. The first-order valence-electron chi connectivity index (χ1n) is 7.61. The van der Waals surface area contributed by atoms with Crippen LogP contribution in [0, 0.1) is 0 Å². The zero-order valence-electron chi connectivity index (χ0n) is 12.9. The molecule has 0 aliphatic rings. The maximum atomic E-state index is 5.92. The lowest BCUT2D eigenvalue weighted by Crippen LogP contribution is -2.18. The fraction of sp³-hybridized carbons (Fsp3) is 0.647. The van der Waals surface area contributed by atoms with Crippen LogP contribution in [-0.2, 0) is 0 Å². The molecule has 0 radical (unpaired) electrons. The average Bonchev–Trinajstić information content (AvgIpc) is 2.39. The Bertz CT molecular complexity index is 349. The van der Waals surface area contributed by atoms with Gasteiger partial charge in [-0.2, -0.15) is 0 Å². The highest BCUT2D eigenvalue weighted by atomic mass is 16.5. The van der Waals surface area contributed by atoms with Gasteiger partial charge in [0, 0.05) is 11.6 Å². The third-order valence-corrected chi connectivity index (χ3v) is 3.35. The van der Waals surface area contributed by atoms with Gasteiger partial charge < -0.3 is 10.1 Å². The third-order valence-electron chi connectivity index (χ3n) is 3.35. The van der Waals surface area contributed by atoms with E-state index in [9.17, 15) is 0 Å². The van der Waals surface area contributed by atoms with E-state index in [4.69, 9.17) is 4.74 Å². The molecule has 1 aromatic rings. The summed E-state index contributed by atoms with van der Waals surface area (Å²) >= 11 is 0. The molecular formula is C17H29NO. The van der Waals surface area contributed by atoms with Crippen molar-refractivity contribution in [3.8, 4) is 5.75 Å². The van der Waals surface area contributed by atoms with Crippen LogP contribution in [0.5, 0.6) is 5.75 Å². The minimum Gasteiger partial charge on any atom is -0.491 e. The first kappa shape index (κ1) is 16.0. The summed E-state index contributed by atoms with van der Waals surface area (Å²) in [6.07, 6.45) is 6.61. The minimum atomic E-state index is 0.221. The average molecular weight is 263 g/mol. The fourth-order valence-corrected chi connectivity index (χ4v) is 2.36. The molecule has 0 saturated heterocycles. The van der Waals surface area contributed by atoms with E-state index < -0.39 is 0 Å². The summed E-state index contributed by atoms with van der Waals surface area (Å²) in [4.78, 5) is 0. The Morgan fingerprint density at radius 2 is 1.84 bits per heavy atom. The summed E-state index contributed by atoms with van der Waals surface area (Å²) in [5, 5.41) is 3.43. The van der Waals surface area contributed by atoms with Crippen molar-refractivity contribution in [1.29, 1.82) is 0 Å². The quantitative estimate of drug-likeness (QED) is 0.652. The van der Waals surface area contributed by atoms with Crippen molar-refractivity contribution in [1.82, 2.24) is 5.32 Å². The fourth-order valence-electron chi connectivity index (χ4n) is 2.36. The summed E-state index contributed by atoms with van der Waals surface area (Å²) < 4.78 is 5.92. The zero-order valence-corrected chi connectivity index (χ0v) is 12.9. The van der Waals surface area contributed by atoms with E-state index in [0.717, 1.165) is 5.75 Å². The molecule has 0 amide bonds. The van der Waals surface area contributed by atoms with Gasteiger partial charge in [0.15, 0.2) is 0 Å². The van der Waals surface area contributed by atoms with Gasteiger partial charge in [-0.25, -0.2) is 0 Å². The Morgan fingerprint density at radius 1 is 1.11 bits per heavy atom. The number of unbranched alkanes of at least 4 members (excludes halogenated alkanes) is 3. The Kier molecular flexibility index (Phi) is 7.57. The van der Waals surface area contributed by atoms with E-state index in [1.165, 1.54) is 37.7 Å². The number of hydrogen-bond donors (Lipinski definition) is 1. The number of rotatable bonds is 9. The molecule has 2 nitrogen and oxygen atoms in total. The molecule has 0 spiro atoms. The highest BCUT2D eigenvalue weighted by Gasteiger charge is 2.14. The van der Waals surface area contributed by atoms with Crippen LogP contribution in [0.4, 0.5) is 0 Å². The number of hydrogen-bond acceptors (Lipinski definition) is 2. The lowest BCUT2D eigenvalue weighted by molar-refractivity contribution is 0.237. The van der Waals surface area contributed by atoms with Crippen LogP contribution < -0.4 is 10.1 Å². The van der Waals surface area contributed by atoms with Crippen molar-refractivity contribution in [3.63, 3.8) is 0 Å². The van der Waals surface area contributed by atoms with E-state index in [1.54, 1.807) is 0 Å². The van der Waals surface area contributed by atoms with Crippen LogP contribution in [0.25, 0.3) is 0 Å². The molecule has 0 aliphatic carbocycles. The highest BCUT2D eigenvalue weighted by molar-refractivity contribution is 5.36. The second-order valence-electron chi connectivity index (χ2n) is 5.40. The Balaban J connectivity index is 2.68. The monoisotopic (exact) mass is 263 g/mol. The van der Waals surface area contributed by atoms with E-state index in [2.05, 4.69) is 44.3 Å². The van der Waals surface area contributed by atoms with Crippen LogP contribution >= 0.6 is 0 Å². The van der Waals surface area contributed by atoms with E-state index in [-0.39, 0.29) is 6.10 Å².